The van der Waals surface area contributed by atoms with Gasteiger partial charge in [-0.3, -0.25) is 0 Å². The van der Waals surface area contributed by atoms with E-state index in [-0.39, 0.29) is 17.0 Å². The number of halogens is 1. The van der Waals surface area contributed by atoms with Gasteiger partial charge in [0.25, 0.3) is 0 Å². The third kappa shape index (κ3) is 4.71. The first-order chi connectivity index (χ1) is 13.2. The van der Waals surface area contributed by atoms with Crippen molar-refractivity contribution in [3.63, 3.8) is 0 Å². The van der Waals surface area contributed by atoms with Crippen molar-refractivity contribution in [3.05, 3.63) is 48.0 Å². The first kappa shape index (κ1) is 20.8. The third-order valence-electron chi connectivity index (χ3n) is 4.51. The lowest BCUT2D eigenvalue weighted by Gasteiger charge is -2.41. The number of benzene rings is 2. The highest BCUT2D eigenvalue weighted by Crippen LogP contribution is 2.37. The fourth-order valence-electron chi connectivity index (χ4n) is 3.20. The number of ether oxygens (including phenoxy) is 2. The number of fused-ring (bicyclic) bond motifs is 1. The molecule has 0 aromatic heterocycles. The van der Waals surface area contributed by atoms with E-state index in [0.717, 1.165) is 30.1 Å². The zero-order valence-electron chi connectivity index (χ0n) is 16.2. The fraction of sp³-hybridized carbons (Fsp3) is 0.400. The van der Waals surface area contributed by atoms with Crippen LogP contribution < -0.4 is 19.1 Å². The van der Waals surface area contributed by atoms with Gasteiger partial charge < -0.3 is 14.4 Å². The van der Waals surface area contributed by atoms with Gasteiger partial charge in [0.05, 0.1) is 24.2 Å². The summed E-state index contributed by atoms with van der Waals surface area (Å²) >= 11 is 5.94. The van der Waals surface area contributed by atoms with Gasteiger partial charge in [-0.05, 0) is 55.8 Å². The van der Waals surface area contributed by atoms with Crippen LogP contribution in [0.4, 0.5) is 5.69 Å². The lowest BCUT2D eigenvalue weighted by Crippen LogP contribution is -2.47. The molecule has 0 saturated carbocycles. The van der Waals surface area contributed by atoms with Gasteiger partial charge in [0, 0.05) is 19.0 Å². The zero-order valence-corrected chi connectivity index (χ0v) is 17.8. The van der Waals surface area contributed by atoms with Crippen molar-refractivity contribution in [2.24, 2.45) is 0 Å². The molecular weight excluding hydrogens is 400 g/mol. The molecule has 6 nitrogen and oxygen atoms in total. The Labute approximate surface area is 171 Å². The molecule has 1 N–H and O–H groups in total. The van der Waals surface area contributed by atoms with Crippen molar-refractivity contribution in [2.45, 2.75) is 30.9 Å². The third-order valence-corrected chi connectivity index (χ3v) is 6.10. The van der Waals surface area contributed by atoms with E-state index in [2.05, 4.69) is 9.62 Å². The zero-order chi connectivity index (χ0) is 20.4. The molecule has 1 heterocycles. The first-order valence-corrected chi connectivity index (χ1v) is 11.0. The molecule has 8 heteroatoms. The fourth-order valence-corrected chi connectivity index (χ4v) is 4.43. The molecule has 0 amide bonds. The van der Waals surface area contributed by atoms with Crippen LogP contribution in [0, 0.1) is 0 Å². The van der Waals surface area contributed by atoms with E-state index < -0.39 is 10.0 Å². The van der Waals surface area contributed by atoms with Crippen LogP contribution in [0.15, 0.2) is 47.4 Å². The van der Waals surface area contributed by atoms with E-state index in [9.17, 15) is 8.42 Å². The topological polar surface area (TPSA) is 67.9 Å². The molecule has 2 aromatic rings. The maximum atomic E-state index is 12.5. The van der Waals surface area contributed by atoms with Crippen molar-refractivity contribution >= 4 is 27.3 Å². The lowest BCUT2D eigenvalue weighted by atomic mass is 10.0. The van der Waals surface area contributed by atoms with Crippen LogP contribution in [0.2, 0.25) is 0 Å². The second-order valence-electron chi connectivity index (χ2n) is 7.27. The van der Waals surface area contributed by atoms with Crippen molar-refractivity contribution in [2.75, 3.05) is 31.0 Å². The first-order valence-electron chi connectivity index (χ1n) is 9.01. The Kier molecular flexibility index (Phi) is 6.07. The molecule has 1 aliphatic heterocycles. The van der Waals surface area contributed by atoms with Crippen molar-refractivity contribution in [1.29, 1.82) is 0 Å². The molecule has 0 spiro atoms. The molecule has 0 atom stereocenters. The summed E-state index contributed by atoms with van der Waals surface area (Å²) in [5, 5.41) is 0. The van der Waals surface area contributed by atoms with Crippen LogP contribution in [0.3, 0.4) is 0 Å². The number of hydrogen-bond acceptors (Lipinski definition) is 5. The summed E-state index contributed by atoms with van der Waals surface area (Å²) in [6, 6.07) is 12.0. The summed E-state index contributed by atoms with van der Waals surface area (Å²) in [6.45, 7) is 5.69. The minimum atomic E-state index is -3.62. The SMILES string of the molecule is COc1ccc(S(=O)(=O)NCc2ccc3c(c2)OC(C)(C)CN3CCCl)cc1. The van der Waals surface area contributed by atoms with E-state index in [0.29, 0.717) is 11.6 Å². The molecule has 1 aliphatic rings. The van der Waals surface area contributed by atoms with E-state index in [1.54, 1.807) is 12.1 Å². The number of anilines is 1. The molecule has 0 bridgehead atoms. The maximum Gasteiger partial charge on any atom is 0.240 e. The average Bonchev–Trinajstić information content (AvgIpc) is 2.65. The van der Waals surface area contributed by atoms with Crippen LogP contribution in [-0.4, -0.2) is 40.1 Å². The Morgan fingerprint density at radius 2 is 1.93 bits per heavy atom. The minimum Gasteiger partial charge on any atom is -0.497 e. The number of sulfonamides is 1. The largest absolute Gasteiger partial charge is 0.497 e. The molecule has 152 valence electrons. The Morgan fingerprint density at radius 3 is 2.57 bits per heavy atom. The smallest absolute Gasteiger partial charge is 0.240 e. The standard InChI is InChI=1S/C20H25ClN2O4S/c1-20(2)14-23(11-10-21)18-9-4-15(12-19(18)27-20)13-22-28(24,25)17-7-5-16(26-3)6-8-17/h4-9,12,22H,10-11,13-14H2,1-3H3. The normalized spacial score (nSPS) is 15.6. The summed E-state index contributed by atoms with van der Waals surface area (Å²) in [4.78, 5) is 2.38. The van der Waals surface area contributed by atoms with Gasteiger partial charge in [0.2, 0.25) is 10.0 Å². The monoisotopic (exact) mass is 424 g/mol. The maximum absolute atomic E-state index is 12.5. The summed E-state index contributed by atoms with van der Waals surface area (Å²) in [5.41, 5.74) is 1.45. The molecule has 2 aromatic carbocycles. The number of hydrogen-bond donors (Lipinski definition) is 1. The Balaban J connectivity index is 1.76. The summed E-state index contributed by atoms with van der Waals surface area (Å²) in [7, 11) is -2.08. The predicted octanol–water partition coefficient (Wildman–Crippen LogP) is 3.39. The molecular formula is C20H25ClN2O4S. The molecule has 0 aliphatic carbocycles. The molecule has 0 fully saturated rings. The number of methoxy groups -OCH3 is 1. The van der Waals surface area contributed by atoms with Gasteiger partial charge in [0.1, 0.15) is 17.1 Å². The van der Waals surface area contributed by atoms with E-state index in [1.807, 2.05) is 32.0 Å². The Bertz CT molecular complexity index is 930. The molecule has 0 radical (unpaired) electrons. The highest BCUT2D eigenvalue weighted by molar-refractivity contribution is 7.89. The second-order valence-corrected chi connectivity index (χ2v) is 9.42. The summed E-state index contributed by atoms with van der Waals surface area (Å²) < 4.78 is 38.9. The Hall–Kier alpha value is -1.96. The Morgan fingerprint density at radius 1 is 1.21 bits per heavy atom. The quantitative estimate of drug-likeness (QED) is 0.690. The summed E-state index contributed by atoms with van der Waals surface area (Å²) in [5.74, 6) is 1.87. The molecule has 3 rings (SSSR count). The van der Waals surface area contributed by atoms with Crippen LogP contribution in [0.1, 0.15) is 19.4 Å². The summed E-state index contributed by atoms with van der Waals surface area (Å²) in [6.07, 6.45) is 0. The number of alkyl halides is 1. The van der Waals surface area contributed by atoms with Gasteiger partial charge in [-0.15, -0.1) is 11.6 Å². The number of nitrogens with zero attached hydrogens (tertiary/aromatic N) is 1. The van der Waals surface area contributed by atoms with Crippen molar-refractivity contribution in [3.8, 4) is 11.5 Å². The number of nitrogens with one attached hydrogen (secondary N) is 1. The average molecular weight is 425 g/mol. The number of rotatable bonds is 7. The van der Waals surface area contributed by atoms with Crippen LogP contribution in [-0.2, 0) is 16.6 Å². The van der Waals surface area contributed by atoms with Crippen molar-refractivity contribution in [1.82, 2.24) is 4.72 Å². The predicted molar refractivity (Wildman–Crippen MR) is 111 cm³/mol. The molecule has 28 heavy (non-hydrogen) atoms. The van der Waals surface area contributed by atoms with Gasteiger partial charge >= 0.3 is 0 Å². The second kappa shape index (κ2) is 8.19. The van der Waals surface area contributed by atoms with E-state index in [1.165, 1.54) is 19.2 Å². The highest BCUT2D eigenvalue weighted by Gasteiger charge is 2.31. The lowest BCUT2D eigenvalue weighted by molar-refractivity contribution is 0.105. The van der Waals surface area contributed by atoms with E-state index >= 15 is 0 Å². The van der Waals surface area contributed by atoms with Crippen molar-refractivity contribution < 1.29 is 17.9 Å². The van der Waals surface area contributed by atoms with Crippen LogP contribution in [0.25, 0.3) is 0 Å². The van der Waals surface area contributed by atoms with Gasteiger partial charge in [-0.25, -0.2) is 13.1 Å². The molecule has 0 saturated heterocycles. The van der Waals surface area contributed by atoms with E-state index in [4.69, 9.17) is 21.1 Å². The minimum absolute atomic E-state index is 0.168. The van der Waals surface area contributed by atoms with Gasteiger partial charge in [-0.1, -0.05) is 6.07 Å². The molecule has 0 unspecified atom stereocenters. The van der Waals surface area contributed by atoms with Gasteiger partial charge in [0.15, 0.2) is 0 Å². The van der Waals surface area contributed by atoms with Crippen LogP contribution >= 0.6 is 11.6 Å². The van der Waals surface area contributed by atoms with Crippen LogP contribution in [0.5, 0.6) is 11.5 Å². The highest BCUT2D eigenvalue weighted by atomic mass is 35.5. The van der Waals surface area contributed by atoms with Gasteiger partial charge in [-0.2, -0.15) is 0 Å².